The molecule has 2 heterocycles. The van der Waals surface area contributed by atoms with Crippen molar-refractivity contribution in [1.82, 2.24) is 9.38 Å². The van der Waals surface area contributed by atoms with Crippen LogP contribution in [0.5, 0.6) is 0 Å². The second-order valence-electron chi connectivity index (χ2n) is 5.81. The van der Waals surface area contributed by atoms with Gasteiger partial charge in [-0.2, -0.15) is 13.2 Å². The molecule has 0 radical (unpaired) electrons. The average molecular weight is 348 g/mol. The van der Waals surface area contributed by atoms with Gasteiger partial charge in [0.05, 0.1) is 5.56 Å². The molecule has 0 saturated carbocycles. The third-order valence-corrected chi connectivity index (χ3v) is 4.14. The fourth-order valence-corrected chi connectivity index (χ4v) is 2.89. The largest absolute Gasteiger partial charge is 0.477 e. The van der Waals surface area contributed by atoms with Crippen LogP contribution in [0, 0.1) is 6.92 Å². The molecule has 0 fully saturated rings. The number of hydrogen-bond acceptors (Lipinski definition) is 2. The van der Waals surface area contributed by atoms with Gasteiger partial charge in [-0.3, -0.25) is 4.40 Å². The van der Waals surface area contributed by atoms with E-state index in [-0.39, 0.29) is 11.3 Å². The Balaban J connectivity index is 1.91. The van der Waals surface area contributed by atoms with Gasteiger partial charge in [-0.05, 0) is 48.6 Å². The molecule has 2 aromatic heterocycles. The summed E-state index contributed by atoms with van der Waals surface area (Å²) in [4.78, 5) is 15.6. The molecule has 4 nitrogen and oxygen atoms in total. The summed E-state index contributed by atoms with van der Waals surface area (Å²) in [7, 11) is 0. The Labute approximate surface area is 141 Å². The van der Waals surface area contributed by atoms with Crippen LogP contribution < -0.4 is 0 Å². The van der Waals surface area contributed by atoms with Crippen molar-refractivity contribution < 1.29 is 23.1 Å². The van der Waals surface area contributed by atoms with Crippen molar-refractivity contribution in [1.29, 1.82) is 0 Å². The summed E-state index contributed by atoms with van der Waals surface area (Å²) < 4.78 is 40.5. The van der Waals surface area contributed by atoms with Crippen LogP contribution in [0.2, 0.25) is 0 Å². The van der Waals surface area contributed by atoms with E-state index < -0.39 is 17.7 Å². The minimum Gasteiger partial charge on any atom is -0.477 e. The minimum atomic E-state index is -4.40. The zero-order chi connectivity index (χ0) is 18.2. The van der Waals surface area contributed by atoms with E-state index in [0.717, 1.165) is 6.07 Å². The second-order valence-corrected chi connectivity index (χ2v) is 5.81. The number of benzene rings is 1. The second kappa shape index (κ2) is 6.23. The number of rotatable bonds is 4. The first-order valence-electron chi connectivity index (χ1n) is 7.62. The minimum absolute atomic E-state index is 0.0816. The first-order chi connectivity index (χ1) is 11.8. The Morgan fingerprint density at radius 1 is 1.20 bits per heavy atom. The first kappa shape index (κ1) is 17.0. The summed E-state index contributed by atoms with van der Waals surface area (Å²) in [5.41, 5.74) is 1.16. The molecule has 0 aliphatic rings. The van der Waals surface area contributed by atoms with Crippen molar-refractivity contribution in [3.63, 3.8) is 0 Å². The van der Waals surface area contributed by atoms with E-state index >= 15 is 0 Å². The highest BCUT2D eigenvalue weighted by Crippen LogP contribution is 2.32. The number of imidazole rings is 1. The molecule has 0 spiro atoms. The van der Waals surface area contributed by atoms with Crippen LogP contribution in [0.3, 0.4) is 0 Å². The normalized spacial score (nSPS) is 11.8. The fourth-order valence-electron chi connectivity index (χ4n) is 2.89. The molecule has 7 heteroatoms. The molecule has 1 N–H and O–H groups in total. The van der Waals surface area contributed by atoms with Crippen molar-refractivity contribution in [2.45, 2.75) is 25.9 Å². The molecule has 0 aliphatic heterocycles. The topological polar surface area (TPSA) is 54.6 Å². The number of pyridine rings is 1. The zero-order valence-corrected chi connectivity index (χ0v) is 13.3. The first-order valence-corrected chi connectivity index (χ1v) is 7.62. The van der Waals surface area contributed by atoms with Gasteiger partial charge in [-0.1, -0.05) is 18.2 Å². The van der Waals surface area contributed by atoms with Gasteiger partial charge in [-0.25, -0.2) is 9.78 Å². The maximum absolute atomic E-state index is 13.0. The molecule has 3 rings (SSSR count). The predicted octanol–water partition coefficient (Wildman–Crippen LogP) is 4.14. The number of carbonyl (C=O) groups is 1. The van der Waals surface area contributed by atoms with E-state index in [2.05, 4.69) is 4.98 Å². The van der Waals surface area contributed by atoms with Gasteiger partial charge in [0.1, 0.15) is 11.3 Å². The highest BCUT2D eigenvalue weighted by molar-refractivity contribution is 5.88. The number of aromatic nitrogens is 2. The lowest BCUT2D eigenvalue weighted by atomic mass is 9.99. The van der Waals surface area contributed by atoms with Crippen LogP contribution in [0.4, 0.5) is 13.2 Å². The van der Waals surface area contributed by atoms with E-state index in [0.29, 0.717) is 29.6 Å². The van der Waals surface area contributed by atoms with Gasteiger partial charge in [0.2, 0.25) is 0 Å². The van der Waals surface area contributed by atoms with Gasteiger partial charge in [-0.15, -0.1) is 0 Å². The van der Waals surface area contributed by atoms with Crippen molar-refractivity contribution in [2.75, 3.05) is 0 Å². The number of aromatic carboxylic acids is 1. The van der Waals surface area contributed by atoms with Crippen LogP contribution in [0.15, 0.2) is 42.7 Å². The summed E-state index contributed by atoms with van der Waals surface area (Å²) >= 11 is 0. The summed E-state index contributed by atoms with van der Waals surface area (Å²) in [6.45, 7) is 1.42. The van der Waals surface area contributed by atoms with E-state index in [1.165, 1.54) is 23.6 Å². The molecular weight excluding hydrogens is 333 g/mol. The Bertz CT molecular complexity index is 945. The lowest BCUT2D eigenvalue weighted by molar-refractivity contribution is -0.138. The molecular formula is C18H15F3N2O2. The number of hydrogen-bond donors (Lipinski definition) is 1. The lowest BCUT2D eigenvalue weighted by Gasteiger charge is -2.13. The molecule has 0 amide bonds. The van der Waals surface area contributed by atoms with Crippen LogP contribution >= 0.6 is 0 Å². The molecule has 1 aromatic carbocycles. The number of fused-ring (bicyclic) bond motifs is 1. The third-order valence-electron chi connectivity index (χ3n) is 4.14. The molecule has 0 saturated heterocycles. The van der Waals surface area contributed by atoms with Crippen LogP contribution in [0.1, 0.15) is 32.7 Å². The maximum Gasteiger partial charge on any atom is 0.416 e. The van der Waals surface area contributed by atoms with Gasteiger partial charge in [0.25, 0.3) is 0 Å². The number of aryl methyl sites for hydroxylation is 3. The lowest BCUT2D eigenvalue weighted by Crippen LogP contribution is -2.11. The molecule has 3 aromatic rings. The predicted molar refractivity (Wildman–Crippen MR) is 85.7 cm³/mol. The molecule has 25 heavy (non-hydrogen) atoms. The highest BCUT2D eigenvalue weighted by Gasteiger charge is 2.32. The number of carboxylic acids is 1. The molecule has 0 unspecified atom stereocenters. The Hall–Kier alpha value is -2.83. The van der Waals surface area contributed by atoms with Gasteiger partial charge in [0.15, 0.2) is 0 Å². The van der Waals surface area contributed by atoms with E-state index in [1.54, 1.807) is 24.4 Å². The Kier molecular flexibility index (Phi) is 4.24. The number of halogens is 3. The zero-order valence-electron chi connectivity index (χ0n) is 13.3. The van der Waals surface area contributed by atoms with E-state index in [4.69, 9.17) is 0 Å². The summed E-state index contributed by atoms with van der Waals surface area (Å²) in [5.74, 6) is -1.10. The molecule has 130 valence electrons. The van der Waals surface area contributed by atoms with Crippen molar-refractivity contribution >= 4 is 11.6 Å². The number of alkyl halides is 3. The Morgan fingerprint density at radius 3 is 2.64 bits per heavy atom. The summed E-state index contributed by atoms with van der Waals surface area (Å²) in [5, 5.41) is 9.47. The average Bonchev–Trinajstić information content (AvgIpc) is 3.00. The molecule has 0 bridgehead atoms. The highest BCUT2D eigenvalue weighted by atomic mass is 19.4. The summed E-state index contributed by atoms with van der Waals surface area (Å²) in [6.07, 6.45) is -0.723. The van der Waals surface area contributed by atoms with Crippen molar-refractivity contribution in [2.24, 2.45) is 0 Å². The number of nitrogens with zero attached hydrogens (tertiary/aromatic N) is 2. The monoisotopic (exact) mass is 348 g/mol. The van der Waals surface area contributed by atoms with Crippen molar-refractivity contribution in [3.05, 3.63) is 70.7 Å². The van der Waals surface area contributed by atoms with Crippen LogP contribution in [-0.2, 0) is 19.0 Å². The van der Waals surface area contributed by atoms with E-state index in [1.807, 2.05) is 0 Å². The smallest absolute Gasteiger partial charge is 0.416 e. The third kappa shape index (κ3) is 3.35. The van der Waals surface area contributed by atoms with Gasteiger partial charge < -0.3 is 5.11 Å². The molecule has 0 atom stereocenters. The van der Waals surface area contributed by atoms with Crippen molar-refractivity contribution in [3.8, 4) is 0 Å². The maximum atomic E-state index is 13.0. The van der Waals surface area contributed by atoms with Crippen LogP contribution in [-0.4, -0.2) is 20.5 Å². The van der Waals surface area contributed by atoms with Crippen LogP contribution in [0.25, 0.3) is 5.65 Å². The Morgan fingerprint density at radius 2 is 1.96 bits per heavy atom. The van der Waals surface area contributed by atoms with E-state index in [9.17, 15) is 23.1 Å². The number of carboxylic acid groups (broad SMARTS) is 1. The van der Waals surface area contributed by atoms with Gasteiger partial charge in [0, 0.05) is 12.4 Å². The van der Waals surface area contributed by atoms with Gasteiger partial charge >= 0.3 is 12.1 Å². The fraction of sp³-hybridized carbons (Fsp3) is 0.222. The standard InChI is InChI=1S/C18H15F3N2O2/c1-11-2-3-12(10-14(11)18(19,20)21)4-5-13-6-7-15-22-8-9-23(15)16(13)17(24)25/h2-3,6-10H,4-5H2,1H3,(H,24,25). The quantitative estimate of drug-likeness (QED) is 0.771. The summed E-state index contributed by atoms with van der Waals surface area (Å²) in [6, 6.07) is 7.56. The molecule has 0 aliphatic carbocycles. The SMILES string of the molecule is Cc1ccc(CCc2ccc3nccn3c2C(=O)O)cc1C(F)(F)F.